The quantitative estimate of drug-likeness (QED) is 0.911. The molecule has 0 bridgehead atoms. The van der Waals surface area contributed by atoms with Gasteiger partial charge in [0.1, 0.15) is 11.2 Å². The van der Waals surface area contributed by atoms with E-state index in [4.69, 9.17) is 0 Å². The number of rotatable bonds is 2. The summed E-state index contributed by atoms with van der Waals surface area (Å²) in [7, 11) is 0. The Kier molecular flexibility index (Phi) is 2.96. The van der Waals surface area contributed by atoms with Crippen LogP contribution in [0.25, 0.3) is 5.65 Å². The van der Waals surface area contributed by atoms with Crippen molar-refractivity contribution in [3.8, 4) is 0 Å². The van der Waals surface area contributed by atoms with Gasteiger partial charge in [0.2, 0.25) is 5.91 Å². The molecule has 4 heterocycles. The number of carbonyl (C=O) groups excluding carboxylic acids is 1. The molecule has 0 saturated carbocycles. The van der Waals surface area contributed by atoms with Crippen LogP contribution in [0.3, 0.4) is 0 Å². The van der Waals surface area contributed by atoms with E-state index in [0.29, 0.717) is 0 Å². The fourth-order valence-electron chi connectivity index (χ4n) is 3.86. The summed E-state index contributed by atoms with van der Waals surface area (Å²) in [6, 6.07) is 6.03. The van der Waals surface area contributed by atoms with E-state index in [9.17, 15) is 4.79 Å². The van der Waals surface area contributed by atoms with Crippen molar-refractivity contribution in [2.45, 2.75) is 37.8 Å². The molecule has 2 aromatic heterocycles. The number of imidazole rings is 1. The van der Waals surface area contributed by atoms with Gasteiger partial charge in [-0.25, -0.2) is 4.98 Å². The maximum atomic E-state index is 12.4. The van der Waals surface area contributed by atoms with Crippen LogP contribution in [0.4, 0.5) is 0 Å². The number of amides is 1. The van der Waals surface area contributed by atoms with Crippen LogP contribution in [-0.2, 0) is 11.3 Å². The van der Waals surface area contributed by atoms with Gasteiger partial charge in [-0.1, -0.05) is 6.07 Å². The Labute approximate surface area is 124 Å². The molecule has 1 unspecified atom stereocenters. The van der Waals surface area contributed by atoms with Gasteiger partial charge in [-0.2, -0.15) is 0 Å². The van der Waals surface area contributed by atoms with E-state index in [-0.39, 0.29) is 11.4 Å². The summed E-state index contributed by atoms with van der Waals surface area (Å²) in [5, 5.41) is 3.06. The zero-order chi connectivity index (χ0) is 14.3. The summed E-state index contributed by atoms with van der Waals surface area (Å²) >= 11 is 0. The molecular weight excluding hydrogens is 264 g/mol. The predicted molar refractivity (Wildman–Crippen MR) is 79.8 cm³/mol. The first-order chi connectivity index (χ1) is 10.3. The summed E-state index contributed by atoms with van der Waals surface area (Å²) in [6.45, 7) is 2.61. The first-order valence-electron chi connectivity index (χ1n) is 7.74. The molecule has 2 aliphatic heterocycles. The van der Waals surface area contributed by atoms with Gasteiger partial charge in [0, 0.05) is 19.3 Å². The van der Waals surface area contributed by atoms with Crippen LogP contribution >= 0.6 is 0 Å². The maximum Gasteiger partial charge on any atom is 0.240 e. The minimum Gasteiger partial charge on any atom is -0.354 e. The van der Waals surface area contributed by atoms with Crippen molar-refractivity contribution in [2.75, 3.05) is 13.1 Å². The van der Waals surface area contributed by atoms with E-state index in [1.807, 2.05) is 30.6 Å². The molecule has 1 spiro atoms. The molecule has 0 aromatic carbocycles. The van der Waals surface area contributed by atoms with Crippen LogP contribution in [0.5, 0.6) is 0 Å². The lowest BCUT2D eigenvalue weighted by Crippen LogP contribution is -2.58. The molecule has 1 amide bonds. The normalized spacial score (nSPS) is 26.6. The van der Waals surface area contributed by atoms with Crippen molar-refractivity contribution in [3.05, 3.63) is 36.3 Å². The minimum atomic E-state index is -0.281. The van der Waals surface area contributed by atoms with Gasteiger partial charge in [0.05, 0.1) is 11.9 Å². The lowest BCUT2D eigenvalue weighted by atomic mass is 9.86. The highest BCUT2D eigenvalue weighted by Gasteiger charge is 2.48. The lowest BCUT2D eigenvalue weighted by Gasteiger charge is -2.40. The number of likely N-dealkylation sites (tertiary alicyclic amines) is 1. The number of fused-ring (bicyclic) bond motifs is 1. The number of aromatic nitrogens is 2. The minimum absolute atomic E-state index is 0.222. The van der Waals surface area contributed by atoms with E-state index in [2.05, 4.69) is 19.6 Å². The van der Waals surface area contributed by atoms with Crippen molar-refractivity contribution in [1.29, 1.82) is 0 Å². The lowest BCUT2D eigenvalue weighted by molar-refractivity contribution is -0.134. The number of nitrogens with zero attached hydrogens (tertiary/aromatic N) is 3. The van der Waals surface area contributed by atoms with Gasteiger partial charge in [-0.15, -0.1) is 0 Å². The van der Waals surface area contributed by atoms with Crippen LogP contribution in [0.1, 0.15) is 31.4 Å². The number of carbonyl (C=O) groups is 1. The number of hydrogen-bond donors (Lipinski definition) is 1. The third-order valence-corrected chi connectivity index (χ3v) is 4.95. The Morgan fingerprint density at radius 1 is 1.29 bits per heavy atom. The highest BCUT2D eigenvalue weighted by Crippen LogP contribution is 2.36. The van der Waals surface area contributed by atoms with Gasteiger partial charge in [-0.05, 0) is 44.4 Å². The topological polar surface area (TPSA) is 49.6 Å². The molecule has 1 atom stereocenters. The first-order valence-corrected chi connectivity index (χ1v) is 7.74. The van der Waals surface area contributed by atoms with Crippen molar-refractivity contribution >= 4 is 11.6 Å². The van der Waals surface area contributed by atoms with Crippen LogP contribution in [0, 0.1) is 0 Å². The van der Waals surface area contributed by atoms with E-state index in [1.165, 1.54) is 0 Å². The fourth-order valence-corrected chi connectivity index (χ4v) is 3.86. The Balaban J connectivity index is 1.65. The van der Waals surface area contributed by atoms with Crippen molar-refractivity contribution in [2.24, 2.45) is 0 Å². The third-order valence-electron chi connectivity index (χ3n) is 4.95. The number of hydrogen-bond acceptors (Lipinski definition) is 3. The SMILES string of the molecule is O=C1NCCCC12CCCN2Cc1cnc2ccccn12. The molecule has 2 aromatic rings. The van der Waals surface area contributed by atoms with Crippen LogP contribution in [0.15, 0.2) is 30.6 Å². The molecule has 5 nitrogen and oxygen atoms in total. The zero-order valence-electron chi connectivity index (χ0n) is 12.1. The zero-order valence-corrected chi connectivity index (χ0v) is 12.1. The van der Waals surface area contributed by atoms with Gasteiger partial charge >= 0.3 is 0 Å². The largest absolute Gasteiger partial charge is 0.354 e. The second-order valence-corrected chi connectivity index (χ2v) is 6.09. The van der Waals surface area contributed by atoms with Crippen LogP contribution < -0.4 is 5.32 Å². The van der Waals surface area contributed by atoms with Gasteiger partial charge in [0.25, 0.3) is 0 Å². The Bertz CT molecular complexity index is 680. The van der Waals surface area contributed by atoms with Crippen LogP contribution in [0.2, 0.25) is 0 Å². The number of nitrogens with one attached hydrogen (secondary N) is 1. The molecule has 5 heteroatoms. The molecule has 21 heavy (non-hydrogen) atoms. The van der Waals surface area contributed by atoms with Crippen molar-refractivity contribution in [3.63, 3.8) is 0 Å². The summed E-state index contributed by atoms with van der Waals surface area (Å²) < 4.78 is 2.12. The van der Waals surface area contributed by atoms with E-state index < -0.39 is 0 Å². The van der Waals surface area contributed by atoms with Gasteiger partial charge in [-0.3, -0.25) is 9.69 Å². The number of pyridine rings is 1. The summed E-state index contributed by atoms with van der Waals surface area (Å²) in [4.78, 5) is 19.3. The third kappa shape index (κ3) is 1.95. The average molecular weight is 284 g/mol. The molecule has 2 fully saturated rings. The maximum absolute atomic E-state index is 12.4. The van der Waals surface area contributed by atoms with Crippen molar-refractivity contribution < 1.29 is 4.79 Å². The Morgan fingerprint density at radius 3 is 3.10 bits per heavy atom. The molecule has 1 N–H and O–H groups in total. The van der Waals surface area contributed by atoms with E-state index >= 15 is 0 Å². The Morgan fingerprint density at radius 2 is 2.19 bits per heavy atom. The van der Waals surface area contributed by atoms with Crippen LogP contribution in [-0.4, -0.2) is 38.8 Å². The van der Waals surface area contributed by atoms with Gasteiger partial charge < -0.3 is 9.72 Å². The molecular formula is C16H20N4O. The molecule has 2 saturated heterocycles. The molecule has 110 valence electrons. The van der Waals surface area contributed by atoms with E-state index in [0.717, 1.165) is 56.7 Å². The fraction of sp³-hybridized carbons (Fsp3) is 0.500. The second-order valence-electron chi connectivity index (χ2n) is 6.09. The standard InChI is InChI=1S/C16H20N4O/c21-15-16(6-3-8-17-15)7-4-9-19(16)12-13-11-18-14-5-1-2-10-20(13)14/h1-2,5,10-11H,3-4,6-9,12H2,(H,17,21). The monoisotopic (exact) mass is 284 g/mol. The molecule has 4 rings (SSSR count). The average Bonchev–Trinajstić information content (AvgIpc) is 3.09. The predicted octanol–water partition coefficient (Wildman–Crippen LogP) is 1.58. The van der Waals surface area contributed by atoms with Gasteiger partial charge in [0.15, 0.2) is 0 Å². The molecule has 0 aliphatic carbocycles. The highest BCUT2D eigenvalue weighted by molar-refractivity contribution is 5.87. The molecule has 0 radical (unpaired) electrons. The summed E-state index contributed by atoms with van der Waals surface area (Å²) in [5.74, 6) is 0.222. The molecule has 2 aliphatic rings. The van der Waals surface area contributed by atoms with E-state index in [1.54, 1.807) is 0 Å². The summed E-state index contributed by atoms with van der Waals surface area (Å²) in [5.41, 5.74) is 1.84. The van der Waals surface area contributed by atoms with Crippen molar-refractivity contribution in [1.82, 2.24) is 19.6 Å². The smallest absolute Gasteiger partial charge is 0.240 e. The second kappa shape index (κ2) is 4.84. The Hall–Kier alpha value is -1.88. The summed E-state index contributed by atoms with van der Waals surface area (Å²) in [6.07, 6.45) is 8.12. The number of piperidine rings is 1. The highest BCUT2D eigenvalue weighted by atomic mass is 16.2. The first kappa shape index (κ1) is 12.8.